The van der Waals surface area contributed by atoms with Crippen molar-refractivity contribution in [3.05, 3.63) is 48.0 Å². The number of anilines is 1. The van der Waals surface area contributed by atoms with Crippen LogP contribution in [-0.4, -0.2) is 45.7 Å². The van der Waals surface area contributed by atoms with E-state index in [0.29, 0.717) is 25.2 Å². The molecule has 1 aromatic heterocycles. The Morgan fingerprint density at radius 2 is 1.92 bits per heavy atom. The Morgan fingerprint density at radius 1 is 1.25 bits per heavy atom. The first-order valence-electron chi connectivity index (χ1n) is 8.28. The SMILES string of the molecule is C[C@@H]1CN(C(=O)c2ccc(NCc3nccn3C)cc2)C[C@H](C)O1. The number of carbonyl (C=O) groups excluding carboxylic acids is 1. The molecule has 128 valence electrons. The van der Waals surface area contributed by atoms with Crippen LogP contribution < -0.4 is 5.32 Å². The molecule has 2 heterocycles. The second kappa shape index (κ2) is 7.05. The van der Waals surface area contributed by atoms with Gasteiger partial charge in [-0.1, -0.05) is 0 Å². The average molecular weight is 328 g/mol. The number of morpholine rings is 1. The van der Waals surface area contributed by atoms with Gasteiger partial charge in [0.25, 0.3) is 5.91 Å². The quantitative estimate of drug-likeness (QED) is 0.935. The second-order valence-corrected chi connectivity index (χ2v) is 6.35. The van der Waals surface area contributed by atoms with Crippen LogP contribution in [0.1, 0.15) is 30.0 Å². The van der Waals surface area contributed by atoms with E-state index in [1.807, 2.05) is 60.8 Å². The zero-order valence-corrected chi connectivity index (χ0v) is 14.4. The van der Waals surface area contributed by atoms with Crippen LogP contribution in [0.15, 0.2) is 36.7 Å². The summed E-state index contributed by atoms with van der Waals surface area (Å²) < 4.78 is 7.66. The number of carbonyl (C=O) groups is 1. The summed E-state index contributed by atoms with van der Waals surface area (Å²) in [6, 6.07) is 7.61. The van der Waals surface area contributed by atoms with Crippen LogP contribution in [0, 0.1) is 0 Å². The summed E-state index contributed by atoms with van der Waals surface area (Å²) in [7, 11) is 1.97. The molecule has 3 rings (SSSR count). The number of rotatable bonds is 4. The van der Waals surface area contributed by atoms with E-state index in [4.69, 9.17) is 4.74 Å². The third-order valence-corrected chi connectivity index (χ3v) is 4.21. The smallest absolute Gasteiger partial charge is 0.254 e. The molecule has 0 aliphatic carbocycles. The van der Waals surface area contributed by atoms with E-state index in [1.54, 1.807) is 6.20 Å². The van der Waals surface area contributed by atoms with Crippen LogP contribution in [0.3, 0.4) is 0 Å². The van der Waals surface area contributed by atoms with Crippen LogP contribution in [0.5, 0.6) is 0 Å². The van der Waals surface area contributed by atoms with Gasteiger partial charge in [0, 0.05) is 43.8 Å². The summed E-state index contributed by atoms with van der Waals surface area (Å²) in [5, 5.41) is 3.32. The minimum absolute atomic E-state index is 0.0626. The van der Waals surface area contributed by atoms with Crippen molar-refractivity contribution in [2.75, 3.05) is 18.4 Å². The lowest BCUT2D eigenvalue weighted by Crippen LogP contribution is -2.48. The molecule has 1 N–H and O–H groups in total. The minimum atomic E-state index is 0.0626. The molecule has 0 spiro atoms. The predicted octanol–water partition coefficient (Wildman–Crippen LogP) is 2.28. The summed E-state index contributed by atoms with van der Waals surface area (Å²) >= 11 is 0. The monoisotopic (exact) mass is 328 g/mol. The summed E-state index contributed by atoms with van der Waals surface area (Å²) in [5.74, 6) is 1.03. The van der Waals surface area contributed by atoms with Gasteiger partial charge in [-0.15, -0.1) is 0 Å². The van der Waals surface area contributed by atoms with Gasteiger partial charge in [0.2, 0.25) is 0 Å². The molecule has 0 unspecified atom stereocenters. The Morgan fingerprint density at radius 3 is 2.50 bits per heavy atom. The van der Waals surface area contributed by atoms with Gasteiger partial charge in [0.05, 0.1) is 18.8 Å². The highest BCUT2D eigenvalue weighted by Crippen LogP contribution is 2.16. The average Bonchev–Trinajstić information content (AvgIpc) is 2.97. The molecule has 6 nitrogen and oxygen atoms in total. The van der Waals surface area contributed by atoms with Crippen LogP contribution >= 0.6 is 0 Å². The molecule has 0 saturated carbocycles. The third kappa shape index (κ3) is 3.76. The highest BCUT2D eigenvalue weighted by Gasteiger charge is 2.26. The highest BCUT2D eigenvalue weighted by molar-refractivity contribution is 5.94. The predicted molar refractivity (Wildman–Crippen MR) is 92.9 cm³/mol. The van der Waals surface area contributed by atoms with E-state index in [1.165, 1.54) is 0 Å². The number of hydrogen-bond acceptors (Lipinski definition) is 4. The number of ether oxygens (including phenoxy) is 1. The normalized spacial score (nSPS) is 20.9. The summed E-state index contributed by atoms with van der Waals surface area (Å²) in [6.07, 6.45) is 3.86. The van der Waals surface area contributed by atoms with Crippen LogP contribution in [0.25, 0.3) is 0 Å². The lowest BCUT2D eigenvalue weighted by molar-refractivity contribution is -0.0586. The maximum Gasteiger partial charge on any atom is 0.254 e. The highest BCUT2D eigenvalue weighted by atomic mass is 16.5. The zero-order chi connectivity index (χ0) is 17.1. The molecule has 2 aromatic rings. The van der Waals surface area contributed by atoms with Crippen LogP contribution in [0.4, 0.5) is 5.69 Å². The Balaban J connectivity index is 1.61. The van der Waals surface area contributed by atoms with E-state index in [2.05, 4.69) is 10.3 Å². The topological polar surface area (TPSA) is 59.4 Å². The molecular weight excluding hydrogens is 304 g/mol. The number of amides is 1. The number of imidazole rings is 1. The molecule has 1 saturated heterocycles. The van der Waals surface area contributed by atoms with Gasteiger partial charge in [-0.25, -0.2) is 4.98 Å². The maximum atomic E-state index is 12.6. The Bertz CT molecular complexity index is 685. The third-order valence-electron chi connectivity index (χ3n) is 4.21. The molecule has 1 aliphatic rings. The fourth-order valence-corrected chi connectivity index (χ4v) is 3.00. The number of benzene rings is 1. The lowest BCUT2D eigenvalue weighted by Gasteiger charge is -2.35. The number of aromatic nitrogens is 2. The number of aryl methyl sites for hydroxylation is 1. The summed E-state index contributed by atoms with van der Waals surface area (Å²) in [5.41, 5.74) is 1.68. The van der Waals surface area contributed by atoms with Crippen molar-refractivity contribution < 1.29 is 9.53 Å². The van der Waals surface area contributed by atoms with Gasteiger partial charge in [0.1, 0.15) is 5.82 Å². The number of nitrogens with one attached hydrogen (secondary N) is 1. The van der Waals surface area contributed by atoms with E-state index < -0.39 is 0 Å². The Labute approximate surface area is 142 Å². The summed E-state index contributed by atoms with van der Waals surface area (Å²) in [6.45, 7) is 5.93. The largest absolute Gasteiger partial charge is 0.378 e. The first-order valence-corrected chi connectivity index (χ1v) is 8.28. The molecular formula is C18H24N4O2. The summed E-state index contributed by atoms with van der Waals surface area (Å²) in [4.78, 5) is 18.8. The molecule has 1 amide bonds. The van der Waals surface area contributed by atoms with E-state index in [0.717, 1.165) is 11.5 Å². The zero-order valence-electron chi connectivity index (χ0n) is 14.4. The maximum absolute atomic E-state index is 12.6. The number of nitrogens with zero attached hydrogens (tertiary/aromatic N) is 3. The standard InChI is InChI=1S/C18H24N4O2/c1-13-11-22(12-14(2)24-13)18(23)15-4-6-16(7-5-15)20-10-17-19-8-9-21(17)3/h4-9,13-14,20H,10-12H2,1-3H3/t13-,14+. The molecule has 24 heavy (non-hydrogen) atoms. The van der Waals surface area contributed by atoms with Crippen molar-refractivity contribution in [2.45, 2.75) is 32.6 Å². The van der Waals surface area contributed by atoms with Crippen molar-refractivity contribution in [1.29, 1.82) is 0 Å². The van der Waals surface area contributed by atoms with Gasteiger partial charge in [-0.05, 0) is 38.1 Å². The van der Waals surface area contributed by atoms with Crippen LogP contribution in [0.2, 0.25) is 0 Å². The van der Waals surface area contributed by atoms with Crippen molar-refractivity contribution in [2.24, 2.45) is 7.05 Å². The first kappa shape index (κ1) is 16.5. The Kier molecular flexibility index (Phi) is 4.85. The van der Waals surface area contributed by atoms with E-state index in [9.17, 15) is 4.79 Å². The van der Waals surface area contributed by atoms with Gasteiger partial charge in [-0.2, -0.15) is 0 Å². The second-order valence-electron chi connectivity index (χ2n) is 6.35. The fraction of sp³-hybridized carbons (Fsp3) is 0.444. The first-order chi connectivity index (χ1) is 11.5. The van der Waals surface area contributed by atoms with Crippen LogP contribution in [-0.2, 0) is 18.3 Å². The molecule has 0 bridgehead atoms. The van der Waals surface area contributed by atoms with Gasteiger partial charge >= 0.3 is 0 Å². The van der Waals surface area contributed by atoms with E-state index >= 15 is 0 Å². The number of hydrogen-bond donors (Lipinski definition) is 1. The Hall–Kier alpha value is -2.34. The van der Waals surface area contributed by atoms with Crippen molar-refractivity contribution >= 4 is 11.6 Å². The van der Waals surface area contributed by atoms with Crippen molar-refractivity contribution in [3.8, 4) is 0 Å². The molecule has 1 aliphatic heterocycles. The molecule has 2 atom stereocenters. The molecule has 1 fully saturated rings. The van der Waals surface area contributed by atoms with Gasteiger partial charge in [0.15, 0.2) is 0 Å². The van der Waals surface area contributed by atoms with Gasteiger partial charge < -0.3 is 19.5 Å². The molecule has 1 aromatic carbocycles. The molecule has 0 radical (unpaired) electrons. The minimum Gasteiger partial charge on any atom is -0.378 e. The fourth-order valence-electron chi connectivity index (χ4n) is 3.00. The molecule has 6 heteroatoms. The lowest BCUT2D eigenvalue weighted by atomic mass is 10.1. The van der Waals surface area contributed by atoms with E-state index in [-0.39, 0.29) is 18.1 Å². The van der Waals surface area contributed by atoms with Crippen molar-refractivity contribution in [3.63, 3.8) is 0 Å². The van der Waals surface area contributed by atoms with Gasteiger partial charge in [-0.3, -0.25) is 4.79 Å². The van der Waals surface area contributed by atoms with Crippen molar-refractivity contribution in [1.82, 2.24) is 14.5 Å².